The van der Waals surface area contributed by atoms with Crippen LogP contribution in [0.2, 0.25) is 0 Å². The van der Waals surface area contributed by atoms with Crippen molar-refractivity contribution in [3.63, 3.8) is 0 Å². The summed E-state index contributed by atoms with van der Waals surface area (Å²) in [5.74, 6) is 0.244. The number of aromatic amines is 1. The Balaban J connectivity index is 1.28. The molecule has 2 aromatic carbocycles. The van der Waals surface area contributed by atoms with Gasteiger partial charge >= 0.3 is 6.03 Å². The molecule has 2 aliphatic rings. The number of rotatable bonds is 7. The highest BCUT2D eigenvalue weighted by molar-refractivity contribution is 6.07. The average Bonchev–Trinajstić information content (AvgIpc) is 3.52. The lowest BCUT2D eigenvalue weighted by Gasteiger charge is -2.20. The zero-order chi connectivity index (χ0) is 22.8. The van der Waals surface area contributed by atoms with Crippen molar-refractivity contribution in [2.75, 3.05) is 6.54 Å². The molecule has 8 nitrogen and oxygen atoms in total. The first-order valence-corrected chi connectivity index (χ1v) is 11.5. The fraction of sp³-hybridized carbons (Fsp3) is 0.360. The third kappa shape index (κ3) is 4.20. The van der Waals surface area contributed by atoms with Gasteiger partial charge in [0.1, 0.15) is 11.4 Å². The Kier molecular flexibility index (Phi) is 5.58. The van der Waals surface area contributed by atoms with Gasteiger partial charge in [0.05, 0.1) is 17.1 Å². The molecule has 0 radical (unpaired) electrons. The van der Waals surface area contributed by atoms with Gasteiger partial charge in [-0.2, -0.15) is 0 Å². The molecule has 3 N–H and O–H groups in total. The molecule has 170 valence electrons. The van der Waals surface area contributed by atoms with E-state index in [-0.39, 0.29) is 30.8 Å². The number of fused-ring (bicyclic) bond motifs is 1. The first kappa shape index (κ1) is 21.2. The molecule has 1 atom stereocenters. The number of urea groups is 1. The maximum Gasteiger partial charge on any atom is 0.325 e. The van der Waals surface area contributed by atoms with Crippen molar-refractivity contribution in [3.8, 4) is 0 Å². The number of nitrogens with one attached hydrogen (secondary N) is 3. The van der Waals surface area contributed by atoms with E-state index in [2.05, 4.69) is 20.6 Å². The number of amides is 4. The van der Waals surface area contributed by atoms with Gasteiger partial charge in [0.25, 0.3) is 5.91 Å². The minimum Gasteiger partial charge on any atom is -0.346 e. The predicted octanol–water partition coefficient (Wildman–Crippen LogP) is 3.22. The van der Waals surface area contributed by atoms with Crippen LogP contribution in [0.15, 0.2) is 54.6 Å². The van der Waals surface area contributed by atoms with Crippen molar-refractivity contribution in [2.24, 2.45) is 0 Å². The summed E-state index contributed by atoms with van der Waals surface area (Å²) >= 11 is 0. The second-order valence-electron chi connectivity index (χ2n) is 8.88. The van der Waals surface area contributed by atoms with Gasteiger partial charge in [0.2, 0.25) is 5.91 Å². The molecule has 0 bridgehead atoms. The average molecular weight is 446 g/mol. The fourth-order valence-electron chi connectivity index (χ4n) is 4.88. The molecule has 1 aromatic heterocycles. The number of aromatic nitrogens is 2. The SMILES string of the molecule is O=C(CCN1C(=O)NC2(CCCC2)C1=O)NC(Cc1ccccc1)c1nc2ccccc2[nH]1. The number of benzene rings is 2. The Morgan fingerprint density at radius 3 is 2.55 bits per heavy atom. The van der Waals surface area contributed by atoms with Crippen LogP contribution in [0.5, 0.6) is 0 Å². The van der Waals surface area contributed by atoms with Crippen molar-refractivity contribution in [2.45, 2.75) is 50.1 Å². The summed E-state index contributed by atoms with van der Waals surface area (Å²) in [4.78, 5) is 47.3. The number of imide groups is 1. The maximum absolute atomic E-state index is 12.9. The number of hydrogen-bond acceptors (Lipinski definition) is 4. The molecule has 1 aliphatic carbocycles. The van der Waals surface area contributed by atoms with Gasteiger partial charge < -0.3 is 15.6 Å². The first-order valence-electron chi connectivity index (χ1n) is 11.5. The summed E-state index contributed by atoms with van der Waals surface area (Å²) in [6, 6.07) is 16.9. The van der Waals surface area contributed by atoms with Crippen LogP contribution in [0, 0.1) is 0 Å². The van der Waals surface area contributed by atoms with E-state index in [4.69, 9.17) is 0 Å². The number of H-pyrrole nitrogens is 1. The molecule has 4 amide bonds. The van der Waals surface area contributed by atoms with E-state index in [1.54, 1.807) is 0 Å². The highest BCUT2D eigenvalue weighted by Gasteiger charge is 2.52. The second kappa shape index (κ2) is 8.69. The lowest BCUT2D eigenvalue weighted by molar-refractivity contribution is -0.131. The molecule has 1 aliphatic heterocycles. The number of carbonyl (C=O) groups excluding carboxylic acids is 3. The summed E-state index contributed by atoms with van der Waals surface area (Å²) in [6.45, 7) is 0.0659. The summed E-state index contributed by atoms with van der Waals surface area (Å²) in [5, 5.41) is 5.91. The molecule has 33 heavy (non-hydrogen) atoms. The van der Waals surface area contributed by atoms with Gasteiger partial charge in [-0.15, -0.1) is 0 Å². The second-order valence-corrected chi connectivity index (χ2v) is 8.88. The van der Waals surface area contributed by atoms with E-state index < -0.39 is 11.6 Å². The molecule has 2 fully saturated rings. The van der Waals surface area contributed by atoms with Crippen molar-refractivity contribution >= 4 is 28.9 Å². The molecular formula is C25H27N5O3. The lowest BCUT2D eigenvalue weighted by Crippen LogP contribution is -2.44. The van der Waals surface area contributed by atoms with Gasteiger partial charge in [-0.25, -0.2) is 9.78 Å². The Bertz CT molecular complexity index is 1150. The normalized spacial score (nSPS) is 18.1. The summed E-state index contributed by atoms with van der Waals surface area (Å²) in [6.07, 6.45) is 3.81. The molecule has 1 spiro atoms. The highest BCUT2D eigenvalue weighted by Crippen LogP contribution is 2.35. The molecule has 3 aromatic rings. The zero-order valence-electron chi connectivity index (χ0n) is 18.3. The smallest absolute Gasteiger partial charge is 0.325 e. The number of imidazole rings is 1. The number of hydrogen-bond donors (Lipinski definition) is 3. The third-order valence-electron chi connectivity index (χ3n) is 6.62. The van der Waals surface area contributed by atoms with E-state index >= 15 is 0 Å². The Morgan fingerprint density at radius 2 is 1.79 bits per heavy atom. The van der Waals surface area contributed by atoms with Crippen LogP contribution in [0.4, 0.5) is 4.79 Å². The summed E-state index contributed by atoms with van der Waals surface area (Å²) < 4.78 is 0. The van der Waals surface area contributed by atoms with E-state index in [0.717, 1.165) is 29.4 Å². The highest BCUT2D eigenvalue weighted by atomic mass is 16.2. The third-order valence-corrected chi connectivity index (χ3v) is 6.62. The summed E-state index contributed by atoms with van der Waals surface area (Å²) in [5.41, 5.74) is 2.06. The van der Waals surface area contributed by atoms with Crippen molar-refractivity contribution in [3.05, 3.63) is 66.0 Å². The van der Waals surface area contributed by atoms with Crippen LogP contribution in [0.3, 0.4) is 0 Å². The number of para-hydroxylation sites is 2. The van der Waals surface area contributed by atoms with Gasteiger partial charge in [0.15, 0.2) is 0 Å². The fourth-order valence-corrected chi connectivity index (χ4v) is 4.88. The van der Waals surface area contributed by atoms with Crippen molar-refractivity contribution in [1.82, 2.24) is 25.5 Å². The van der Waals surface area contributed by atoms with E-state index in [9.17, 15) is 14.4 Å². The number of carbonyl (C=O) groups is 3. The van der Waals surface area contributed by atoms with Crippen LogP contribution in [0.25, 0.3) is 11.0 Å². The zero-order valence-corrected chi connectivity index (χ0v) is 18.3. The molecular weight excluding hydrogens is 418 g/mol. The Hall–Kier alpha value is -3.68. The largest absolute Gasteiger partial charge is 0.346 e. The first-order chi connectivity index (χ1) is 16.0. The monoisotopic (exact) mass is 445 g/mol. The van der Waals surface area contributed by atoms with E-state index in [0.29, 0.717) is 25.1 Å². The molecule has 5 rings (SSSR count). The Morgan fingerprint density at radius 1 is 1.06 bits per heavy atom. The molecule has 1 saturated heterocycles. The van der Waals surface area contributed by atoms with Crippen LogP contribution < -0.4 is 10.6 Å². The van der Waals surface area contributed by atoms with E-state index in [1.807, 2.05) is 54.6 Å². The Labute approximate surface area is 191 Å². The van der Waals surface area contributed by atoms with Crippen LogP contribution in [-0.4, -0.2) is 44.8 Å². The minimum absolute atomic E-state index is 0.0424. The van der Waals surface area contributed by atoms with Gasteiger partial charge in [-0.05, 0) is 37.0 Å². The van der Waals surface area contributed by atoms with Crippen LogP contribution in [0.1, 0.15) is 49.5 Å². The van der Waals surface area contributed by atoms with Crippen molar-refractivity contribution in [1.29, 1.82) is 0 Å². The molecule has 1 saturated carbocycles. The quantitative estimate of drug-likeness (QED) is 0.486. The van der Waals surface area contributed by atoms with Crippen LogP contribution in [-0.2, 0) is 16.0 Å². The maximum atomic E-state index is 12.9. The molecule has 2 heterocycles. The summed E-state index contributed by atoms with van der Waals surface area (Å²) in [7, 11) is 0. The standard InChI is InChI=1S/C25H27N5O3/c31-21(12-15-30-23(32)25(29-24(30)33)13-6-7-14-25)26-20(16-17-8-2-1-3-9-17)22-27-18-10-4-5-11-19(18)28-22/h1-5,8-11,20H,6-7,12-16H2,(H,26,31)(H,27,28)(H,29,33). The predicted molar refractivity (Wildman–Crippen MR) is 123 cm³/mol. The van der Waals surface area contributed by atoms with Gasteiger partial charge in [0, 0.05) is 13.0 Å². The molecule has 1 unspecified atom stereocenters. The topological polar surface area (TPSA) is 107 Å². The van der Waals surface area contributed by atoms with Crippen LogP contribution >= 0.6 is 0 Å². The van der Waals surface area contributed by atoms with Crippen molar-refractivity contribution < 1.29 is 14.4 Å². The molecule has 8 heteroatoms. The minimum atomic E-state index is -0.752. The number of nitrogens with zero attached hydrogens (tertiary/aromatic N) is 2. The van der Waals surface area contributed by atoms with E-state index in [1.165, 1.54) is 4.90 Å². The lowest BCUT2D eigenvalue weighted by atomic mass is 9.98. The van der Waals surface area contributed by atoms with Gasteiger partial charge in [-0.1, -0.05) is 55.3 Å². The van der Waals surface area contributed by atoms with Gasteiger partial charge in [-0.3, -0.25) is 14.5 Å².